The smallest absolute Gasteiger partial charge is 0.422 e. The average molecular weight is 396 g/mol. The second-order valence-electron chi connectivity index (χ2n) is 5.87. The maximum absolute atomic E-state index is 12.4. The maximum atomic E-state index is 12.4. The summed E-state index contributed by atoms with van der Waals surface area (Å²) in [7, 11) is 0. The van der Waals surface area contributed by atoms with Gasteiger partial charge in [0.15, 0.2) is 6.61 Å². The summed E-state index contributed by atoms with van der Waals surface area (Å²) in [6, 6.07) is 5.86. The highest BCUT2D eigenvalue weighted by Gasteiger charge is 2.28. The van der Waals surface area contributed by atoms with E-state index in [0.717, 1.165) is 0 Å². The van der Waals surface area contributed by atoms with Crippen LogP contribution >= 0.6 is 0 Å². The molecule has 2 rings (SSSR count). The van der Waals surface area contributed by atoms with Gasteiger partial charge in [0.25, 0.3) is 5.91 Å². The zero-order valence-corrected chi connectivity index (χ0v) is 15.3. The van der Waals surface area contributed by atoms with Gasteiger partial charge in [-0.15, -0.1) is 0 Å². The molecule has 0 aliphatic rings. The molecular weight excluding hydrogens is 377 g/mol. The van der Waals surface area contributed by atoms with Gasteiger partial charge in [0.2, 0.25) is 11.8 Å². The Morgan fingerprint density at radius 3 is 2.64 bits per heavy atom. The lowest BCUT2D eigenvalue weighted by atomic mass is 10.2. The lowest BCUT2D eigenvalue weighted by Gasteiger charge is -2.11. The Morgan fingerprint density at radius 1 is 1.21 bits per heavy atom. The number of hydrogen-bond donors (Lipinski definition) is 2. The van der Waals surface area contributed by atoms with Crippen LogP contribution in [-0.4, -0.2) is 34.6 Å². The number of alkyl halides is 3. The van der Waals surface area contributed by atoms with Crippen LogP contribution in [0.5, 0.6) is 5.88 Å². The Bertz CT molecular complexity index is 856. The number of carbonyl (C=O) groups excluding carboxylic acids is 2. The highest BCUT2D eigenvalue weighted by Crippen LogP contribution is 2.17. The molecule has 0 atom stereocenters. The van der Waals surface area contributed by atoms with Crippen molar-refractivity contribution in [3.8, 4) is 5.88 Å². The molecule has 2 aromatic heterocycles. The van der Waals surface area contributed by atoms with Crippen LogP contribution in [-0.2, 0) is 11.3 Å². The molecule has 0 aromatic carbocycles. The van der Waals surface area contributed by atoms with E-state index in [9.17, 15) is 22.8 Å². The average Bonchev–Trinajstić information content (AvgIpc) is 2.63. The SMILES string of the molecule is CCC(=O)Nc1cc(C(=O)NCc2ccnc(OCC(F)(F)F)c2)cc(C)n1. The van der Waals surface area contributed by atoms with E-state index in [1.54, 1.807) is 26.0 Å². The number of ether oxygens (including phenoxy) is 1. The van der Waals surface area contributed by atoms with Crippen LogP contribution in [0.2, 0.25) is 0 Å². The predicted molar refractivity (Wildman–Crippen MR) is 94.9 cm³/mol. The number of aromatic nitrogens is 2. The van der Waals surface area contributed by atoms with Crippen molar-refractivity contribution in [2.24, 2.45) is 0 Å². The molecule has 0 unspecified atom stereocenters. The minimum Gasteiger partial charge on any atom is -0.468 e. The van der Waals surface area contributed by atoms with Crippen LogP contribution < -0.4 is 15.4 Å². The Kier molecular flexibility index (Phi) is 6.91. The largest absolute Gasteiger partial charge is 0.468 e. The Balaban J connectivity index is 2.01. The van der Waals surface area contributed by atoms with Crippen molar-refractivity contribution < 1.29 is 27.5 Å². The molecule has 150 valence electrons. The van der Waals surface area contributed by atoms with Gasteiger partial charge in [0.1, 0.15) is 5.82 Å². The molecule has 2 N–H and O–H groups in total. The number of pyridine rings is 2. The molecule has 0 saturated heterocycles. The van der Waals surface area contributed by atoms with E-state index >= 15 is 0 Å². The third-order valence-electron chi connectivity index (χ3n) is 3.44. The summed E-state index contributed by atoms with van der Waals surface area (Å²) in [6.07, 6.45) is -2.89. The quantitative estimate of drug-likeness (QED) is 0.751. The second-order valence-corrected chi connectivity index (χ2v) is 5.87. The first-order valence-electron chi connectivity index (χ1n) is 8.37. The van der Waals surface area contributed by atoms with E-state index in [0.29, 0.717) is 16.8 Å². The zero-order valence-electron chi connectivity index (χ0n) is 15.3. The summed E-state index contributed by atoms with van der Waals surface area (Å²) in [6.45, 7) is 1.99. The minimum absolute atomic E-state index is 0.0573. The van der Waals surface area contributed by atoms with Crippen molar-refractivity contribution in [1.29, 1.82) is 0 Å². The number of carbonyl (C=O) groups is 2. The molecule has 0 saturated carbocycles. The van der Waals surface area contributed by atoms with Crippen molar-refractivity contribution in [3.63, 3.8) is 0 Å². The van der Waals surface area contributed by atoms with Gasteiger partial charge in [-0.25, -0.2) is 9.97 Å². The Morgan fingerprint density at radius 2 is 1.96 bits per heavy atom. The van der Waals surface area contributed by atoms with Crippen LogP contribution in [0.25, 0.3) is 0 Å². The fourth-order valence-electron chi connectivity index (χ4n) is 2.17. The summed E-state index contributed by atoms with van der Waals surface area (Å²) in [4.78, 5) is 31.7. The number of amides is 2. The molecule has 2 amide bonds. The fraction of sp³-hybridized carbons (Fsp3) is 0.333. The number of nitrogens with one attached hydrogen (secondary N) is 2. The normalized spacial score (nSPS) is 11.0. The first-order valence-corrected chi connectivity index (χ1v) is 8.37. The summed E-state index contributed by atoms with van der Waals surface area (Å²) >= 11 is 0. The molecule has 10 heteroatoms. The highest BCUT2D eigenvalue weighted by molar-refractivity contribution is 5.96. The van der Waals surface area contributed by atoms with E-state index in [2.05, 4.69) is 25.3 Å². The van der Waals surface area contributed by atoms with Crippen LogP contribution in [0.15, 0.2) is 30.5 Å². The van der Waals surface area contributed by atoms with Gasteiger partial charge in [-0.05, 0) is 30.7 Å². The summed E-state index contributed by atoms with van der Waals surface area (Å²) < 4.78 is 41.2. The lowest BCUT2D eigenvalue weighted by Crippen LogP contribution is -2.24. The van der Waals surface area contributed by atoms with E-state index in [1.165, 1.54) is 18.3 Å². The van der Waals surface area contributed by atoms with Gasteiger partial charge in [0, 0.05) is 36.5 Å². The number of halogens is 3. The number of aryl methyl sites for hydroxylation is 1. The van der Waals surface area contributed by atoms with E-state index < -0.39 is 18.7 Å². The van der Waals surface area contributed by atoms with Crippen LogP contribution in [0.3, 0.4) is 0 Å². The molecular formula is C18H19F3N4O3. The minimum atomic E-state index is -4.46. The van der Waals surface area contributed by atoms with Gasteiger partial charge in [0.05, 0.1) is 0 Å². The van der Waals surface area contributed by atoms with E-state index in [-0.39, 0.29) is 30.6 Å². The number of rotatable bonds is 7. The molecule has 0 spiro atoms. The highest BCUT2D eigenvalue weighted by atomic mass is 19.4. The van der Waals surface area contributed by atoms with Crippen LogP contribution in [0.1, 0.15) is 35.0 Å². The van der Waals surface area contributed by atoms with Gasteiger partial charge >= 0.3 is 6.18 Å². The van der Waals surface area contributed by atoms with Crippen molar-refractivity contribution in [1.82, 2.24) is 15.3 Å². The maximum Gasteiger partial charge on any atom is 0.422 e. The number of hydrogen-bond acceptors (Lipinski definition) is 5. The van der Waals surface area contributed by atoms with Crippen molar-refractivity contribution in [2.75, 3.05) is 11.9 Å². The molecule has 2 heterocycles. The summed E-state index contributed by atoms with van der Waals surface area (Å²) in [5.74, 6) is -0.572. The third kappa shape index (κ3) is 6.86. The van der Waals surface area contributed by atoms with Crippen molar-refractivity contribution in [3.05, 3.63) is 47.3 Å². The van der Waals surface area contributed by atoms with E-state index in [4.69, 9.17) is 0 Å². The topological polar surface area (TPSA) is 93.2 Å². The molecule has 2 aromatic rings. The first kappa shape index (κ1) is 21.1. The molecule has 0 radical (unpaired) electrons. The lowest BCUT2D eigenvalue weighted by molar-refractivity contribution is -0.154. The Labute approximate surface area is 159 Å². The monoisotopic (exact) mass is 396 g/mol. The second kappa shape index (κ2) is 9.16. The van der Waals surface area contributed by atoms with E-state index in [1.807, 2.05) is 0 Å². The van der Waals surface area contributed by atoms with Crippen molar-refractivity contribution >= 4 is 17.6 Å². The van der Waals surface area contributed by atoms with Gasteiger partial charge in [-0.3, -0.25) is 9.59 Å². The predicted octanol–water partition coefficient (Wildman–Crippen LogP) is 3.00. The molecule has 7 nitrogen and oxygen atoms in total. The molecule has 0 aliphatic carbocycles. The Hall–Kier alpha value is -3.17. The van der Waals surface area contributed by atoms with Crippen LogP contribution in [0, 0.1) is 6.92 Å². The molecule has 0 bridgehead atoms. The standard InChI is InChI=1S/C18H19F3N4O3/c1-3-15(26)25-14-8-13(6-11(2)24-14)17(27)23-9-12-4-5-22-16(7-12)28-10-18(19,20)21/h4-8H,3,9-10H2,1-2H3,(H,23,27)(H,24,25,26). The van der Waals surface area contributed by atoms with Gasteiger partial charge in [-0.2, -0.15) is 13.2 Å². The van der Waals surface area contributed by atoms with Gasteiger partial charge < -0.3 is 15.4 Å². The molecule has 0 fully saturated rings. The first-order chi connectivity index (χ1) is 13.2. The van der Waals surface area contributed by atoms with Crippen molar-refractivity contribution in [2.45, 2.75) is 33.0 Å². The molecule has 28 heavy (non-hydrogen) atoms. The summed E-state index contributed by atoms with van der Waals surface area (Å²) in [5, 5.41) is 5.24. The zero-order chi connectivity index (χ0) is 20.7. The third-order valence-corrected chi connectivity index (χ3v) is 3.44. The molecule has 0 aliphatic heterocycles. The number of anilines is 1. The summed E-state index contributed by atoms with van der Waals surface area (Å²) in [5.41, 5.74) is 1.36. The number of nitrogens with zero attached hydrogens (tertiary/aromatic N) is 2. The fourth-order valence-corrected chi connectivity index (χ4v) is 2.17. The van der Waals surface area contributed by atoms with Crippen LogP contribution in [0.4, 0.5) is 19.0 Å². The van der Waals surface area contributed by atoms with Gasteiger partial charge in [-0.1, -0.05) is 6.92 Å².